The zero-order valence-electron chi connectivity index (χ0n) is 17.2. The van der Waals surface area contributed by atoms with E-state index in [4.69, 9.17) is 9.47 Å². The van der Waals surface area contributed by atoms with Gasteiger partial charge in [0, 0.05) is 11.3 Å². The number of methoxy groups -OCH3 is 2. The molecular formula is C24H21N3O3S. The summed E-state index contributed by atoms with van der Waals surface area (Å²) in [5.41, 5.74) is 2.36. The van der Waals surface area contributed by atoms with Gasteiger partial charge in [0.2, 0.25) is 0 Å². The molecule has 6 nitrogen and oxygen atoms in total. The second kappa shape index (κ2) is 9.49. The van der Waals surface area contributed by atoms with Crippen LogP contribution in [0.15, 0.2) is 84.0 Å². The maximum absolute atomic E-state index is 13.0. The maximum atomic E-state index is 13.0. The van der Waals surface area contributed by atoms with Crippen molar-refractivity contribution in [3.63, 3.8) is 0 Å². The average molecular weight is 432 g/mol. The Balaban J connectivity index is 1.65. The number of thioether (sulfide) groups is 1. The van der Waals surface area contributed by atoms with Crippen molar-refractivity contribution in [2.24, 2.45) is 0 Å². The van der Waals surface area contributed by atoms with Crippen LogP contribution in [-0.4, -0.2) is 40.5 Å². The smallest absolute Gasteiger partial charge is 0.196 e. The third kappa shape index (κ3) is 4.46. The van der Waals surface area contributed by atoms with Gasteiger partial charge >= 0.3 is 0 Å². The molecular weight excluding hydrogens is 410 g/mol. The van der Waals surface area contributed by atoms with Crippen LogP contribution in [0, 0.1) is 0 Å². The minimum atomic E-state index is -0.0791. The Hall–Kier alpha value is -3.58. The van der Waals surface area contributed by atoms with Gasteiger partial charge in [-0.1, -0.05) is 60.3 Å². The Morgan fingerprint density at radius 3 is 2.29 bits per heavy atom. The van der Waals surface area contributed by atoms with E-state index >= 15 is 0 Å². The van der Waals surface area contributed by atoms with Gasteiger partial charge in [-0.2, -0.15) is 0 Å². The van der Waals surface area contributed by atoms with Gasteiger partial charge in [0.1, 0.15) is 11.5 Å². The molecule has 3 aromatic carbocycles. The van der Waals surface area contributed by atoms with Crippen LogP contribution in [0.4, 0.5) is 0 Å². The van der Waals surface area contributed by atoms with Crippen LogP contribution in [0.1, 0.15) is 10.4 Å². The summed E-state index contributed by atoms with van der Waals surface area (Å²) < 4.78 is 12.6. The SMILES string of the molecule is COc1ccc(OC)c(C(=O)CSc2nnc(-c3ccccc3)n2-c2ccccc2)c1. The van der Waals surface area contributed by atoms with Gasteiger partial charge in [-0.05, 0) is 30.3 Å². The number of nitrogens with zero attached hydrogens (tertiary/aromatic N) is 3. The summed E-state index contributed by atoms with van der Waals surface area (Å²) in [4.78, 5) is 13.0. The van der Waals surface area contributed by atoms with E-state index in [0.717, 1.165) is 17.1 Å². The van der Waals surface area contributed by atoms with Crippen molar-refractivity contribution in [2.75, 3.05) is 20.0 Å². The number of para-hydroxylation sites is 1. The minimum absolute atomic E-state index is 0.0791. The Morgan fingerprint density at radius 1 is 0.903 bits per heavy atom. The quantitative estimate of drug-likeness (QED) is 0.291. The molecule has 7 heteroatoms. The highest BCUT2D eigenvalue weighted by Gasteiger charge is 2.19. The Labute approximate surface area is 184 Å². The van der Waals surface area contributed by atoms with E-state index in [1.54, 1.807) is 32.4 Å². The molecule has 31 heavy (non-hydrogen) atoms. The number of ketones is 1. The highest BCUT2D eigenvalue weighted by Crippen LogP contribution is 2.30. The first kappa shape index (κ1) is 20.7. The monoisotopic (exact) mass is 431 g/mol. The van der Waals surface area contributed by atoms with Crippen molar-refractivity contribution in [3.05, 3.63) is 84.4 Å². The molecule has 0 radical (unpaired) electrons. The summed E-state index contributed by atoms with van der Waals surface area (Å²) in [6.45, 7) is 0. The van der Waals surface area contributed by atoms with Gasteiger partial charge < -0.3 is 9.47 Å². The van der Waals surface area contributed by atoms with Crippen molar-refractivity contribution in [2.45, 2.75) is 5.16 Å². The van der Waals surface area contributed by atoms with E-state index < -0.39 is 0 Å². The number of aromatic nitrogens is 3. The van der Waals surface area contributed by atoms with Crippen molar-refractivity contribution < 1.29 is 14.3 Å². The molecule has 0 spiro atoms. The van der Waals surface area contributed by atoms with E-state index in [1.807, 2.05) is 65.2 Å². The summed E-state index contributed by atoms with van der Waals surface area (Å²) in [6, 6.07) is 24.9. The zero-order chi connectivity index (χ0) is 21.6. The number of rotatable bonds is 8. The van der Waals surface area contributed by atoms with Crippen molar-refractivity contribution in [1.29, 1.82) is 0 Å². The van der Waals surface area contributed by atoms with Crippen LogP contribution in [0.3, 0.4) is 0 Å². The van der Waals surface area contributed by atoms with Crippen LogP contribution in [0.25, 0.3) is 17.1 Å². The molecule has 0 saturated carbocycles. The van der Waals surface area contributed by atoms with Crippen LogP contribution in [0.5, 0.6) is 11.5 Å². The normalized spacial score (nSPS) is 10.6. The molecule has 0 amide bonds. The predicted octanol–water partition coefficient (Wildman–Crippen LogP) is 4.93. The van der Waals surface area contributed by atoms with Gasteiger partial charge in [0.15, 0.2) is 16.8 Å². The van der Waals surface area contributed by atoms with Crippen LogP contribution in [0.2, 0.25) is 0 Å². The number of carbonyl (C=O) groups is 1. The molecule has 1 heterocycles. The summed E-state index contributed by atoms with van der Waals surface area (Å²) in [7, 11) is 3.11. The first-order valence-corrected chi connectivity index (χ1v) is 10.6. The van der Waals surface area contributed by atoms with Crippen LogP contribution >= 0.6 is 11.8 Å². The number of ether oxygens (including phenoxy) is 2. The van der Waals surface area contributed by atoms with Gasteiger partial charge in [-0.3, -0.25) is 9.36 Å². The number of carbonyl (C=O) groups excluding carboxylic acids is 1. The van der Waals surface area contributed by atoms with E-state index in [0.29, 0.717) is 22.2 Å². The molecule has 4 aromatic rings. The predicted molar refractivity (Wildman–Crippen MR) is 121 cm³/mol. The average Bonchev–Trinajstić information content (AvgIpc) is 3.27. The van der Waals surface area contributed by atoms with Crippen LogP contribution in [-0.2, 0) is 0 Å². The second-order valence-electron chi connectivity index (χ2n) is 6.62. The molecule has 0 bridgehead atoms. The minimum Gasteiger partial charge on any atom is -0.497 e. The molecule has 1 aromatic heterocycles. The van der Waals surface area contributed by atoms with Crippen molar-refractivity contribution >= 4 is 17.5 Å². The molecule has 0 saturated heterocycles. The Morgan fingerprint density at radius 2 is 1.61 bits per heavy atom. The molecule has 4 rings (SSSR count). The van der Waals surface area contributed by atoms with Gasteiger partial charge in [-0.25, -0.2) is 0 Å². The zero-order valence-corrected chi connectivity index (χ0v) is 18.0. The number of hydrogen-bond acceptors (Lipinski definition) is 6. The van der Waals surface area contributed by atoms with Crippen LogP contribution < -0.4 is 9.47 Å². The highest BCUT2D eigenvalue weighted by atomic mass is 32.2. The fraction of sp³-hybridized carbons (Fsp3) is 0.125. The lowest BCUT2D eigenvalue weighted by Crippen LogP contribution is -2.07. The molecule has 0 aliphatic carbocycles. The summed E-state index contributed by atoms with van der Waals surface area (Å²) in [5.74, 6) is 1.95. The second-order valence-corrected chi connectivity index (χ2v) is 7.56. The molecule has 0 atom stereocenters. The fourth-order valence-electron chi connectivity index (χ4n) is 3.19. The molecule has 0 N–H and O–H groups in total. The van der Waals surface area contributed by atoms with Crippen molar-refractivity contribution in [1.82, 2.24) is 14.8 Å². The fourth-order valence-corrected chi connectivity index (χ4v) is 4.02. The molecule has 0 fully saturated rings. The lowest BCUT2D eigenvalue weighted by atomic mass is 10.1. The van der Waals surface area contributed by atoms with E-state index in [1.165, 1.54) is 11.8 Å². The van der Waals surface area contributed by atoms with Gasteiger partial charge in [-0.15, -0.1) is 10.2 Å². The van der Waals surface area contributed by atoms with E-state index in [9.17, 15) is 4.79 Å². The Kier molecular flexibility index (Phi) is 6.33. The standard InChI is InChI=1S/C24H21N3O3S/c1-29-19-13-14-22(30-2)20(15-19)21(28)16-31-24-26-25-23(17-9-5-3-6-10-17)27(24)18-11-7-4-8-12-18/h3-15H,16H2,1-2H3. The maximum Gasteiger partial charge on any atom is 0.196 e. The lowest BCUT2D eigenvalue weighted by molar-refractivity contribution is 0.101. The molecule has 156 valence electrons. The first-order chi connectivity index (χ1) is 15.2. The van der Waals surface area contributed by atoms with Gasteiger partial charge in [0.05, 0.1) is 25.5 Å². The molecule has 0 unspecified atom stereocenters. The number of hydrogen-bond donors (Lipinski definition) is 0. The van der Waals surface area contributed by atoms with E-state index in [-0.39, 0.29) is 11.5 Å². The Bertz CT molecular complexity index is 1180. The molecule has 0 aliphatic rings. The van der Waals surface area contributed by atoms with Gasteiger partial charge in [0.25, 0.3) is 0 Å². The summed E-state index contributed by atoms with van der Waals surface area (Å²) in [6.07, 6.45) is 0. The van der Waals surface area contributed by atoms with E-state index in [2.05, 4.69) is 10.2 Å². The third-order valence-electron chi connectivity index (χ3n) is 4.72. The lowest BCUT2D eigenvalue weighted by Gasteiger charge is -2.11. The van der Waals surface area contributed by atoms with Crippen molar-refractivity contribution in [3.8, 4) is 28.6 Å². The number of benzene rings is 3. The first-order valence-electron chi connectivity index (χ1n) is 9.65. The molecule has 0 aliphatic heterocycles. The third-order valence-corrected chi connectivity index (χ3v) is 5.65. The summed E-state index contributed by atoms with van der Waals surface area (Å²) in [5, 5.41) is 9.43. The number of Topliss-reactive ketones (excluding diaryl/α,β-unsaturated/α-hetero) is 1. The largest absolute Gasteiger partial charge is 0.497 e. The topological polar surface area (TPSA) is 66.2 Å². The summed E-state index contributed by atoms with van der Waals surface area (Å²) >= 11 is 1.34. The highest BCUT2D eigenvalue weighted by molar-refractivity contribution is 7.99.